The third-order valence-electron chi connectivity index (χ3n) is 5.33. The van der Waals surface area contributed by atoms with Gasteiger partial charge in [-0.25, -0.2) is 4.79 Å². The minimum Gasteiger partial charge on any atom is -0.408 e. The van der Waals surface area contributed by atoms with Crippen molar-refractivity contribution >= 4 is 17.7 Å². The molecule has 0 N–H and O–H groups in total. The summed E-state index contributed by atoms with van der Waals surface area (Å²) in [5.41, 5.74) is 1.19. The standard InChI is InChI=1S/C21H23ClF3N3O2/c1-13-9-26-10-19(15(13)3)30-20(29)28-7-6-27(11-14(28)2)12-16-8-17(22)4-5-18(16)21(23,24)25/h4-5,8-10,14H,6-7,11-12H2,1-3H3/t14-/m1/s1. The first-order chi connectivity index (χ1) is 14.1. The van der Waals surface area contributed by atoms with E-state index in [1.54, 1.807) is 11.1 Å². The Kier molecular flexibility index (Phi) is 6.57. The van der Waals surface area contributed by atoms with Gasteiger partial charge in [0.15, 0.2) is 5.75 Å². The molecule has 9 heteroatoms. The molecule has 0 aliphatic carbocycles. The van der Waals surface area contributed by atoms with Crippen LogP contribution in [0.15, 0.2) is 30.6 Å². The van der Waals surface area contributed by atoms with Crippen molar-refractivity contribution in [2.45, 2.75) is 39.5 Å². The van der Waals surface area contributed by atoms with Crippen molar-refractivity contribution < 1.29 is 22.7 Å². The number of halogens is 4. The van der Waals surface area contributed by atoms with Crippen LogP contribution >= 0.6 is 11.6 Å². The van der Waals surface area contributed by atoms with E-state index < -0.39 is 17.8 Å². The number of hydrogen-bond donors (Lipinski definition) is 0. The van der Waals surface area contributed by atoms with Crippen molar-refractivity contribution in [1.82, 2.24) is 14.8 Å². The van der Waals surface area contributed by atoms with Crippen molar-refractivity contribution in [3.8, 4) is 5.75 Å². The Balaban J connectivity index is 1.67. The zero-order valence-electron chi connectivity index (χ0n) is 17.0. The topological polar surface area (TPSA) is 45.7 Å². The van der Waals surface area contributed by atoms with E-state index in [2.05, 4.69) is 4.98 Å². The van der Waals surface area contributed by atoms with E-state index in [0.29, 0.717) is 25.4 Å². The van der Waals surface area contributed by atoms with Gasteiger partial charge >= 0.3 is 12.3 Å². The number of aromatic nitrogens is 1. The van der Waals surface area contributed by atoms with Gasteiger partial charge in [-0.15, -0.1) is 0 Å². The van der Waals surface area contributed by atoms with E-state index in [1.165, 1.54) is 18.3 Å². The number of alkyl halides is 3. The number of amides is 1. The Hall–Kier alpha value is -2.32. The number of pyridine rings is 1. The number of rotatable bonds is 3. The van der Waals surface area contributed by atoms with Gasteiger partial charge in [-0.1, -0.05) is 11.6 Å². The first-order valence-electron chi connectivity index (χ1n) is 9.54. The molecule has 1 aromatic heterocycles. The second-order valence-electron chi connectivity index (χ2n) is 7.52. The number of carbonyl (C=O) groups is 1. The van der Waals surface area contributed by atoms with Crippen LogP contribution in [0.25, 0.3) is 0 Å². The molecule has 1 amide bonds. The van der Waals surface area contributed by atoms with Crippen LogP contribution in [-0.2, 0) is 12.7 Å². The quantitative estimate of drug-likeness (QED) is 0.666. The number of ether oxygens (including phenoxy) is 1. The van der Waals surface area contributed by atoms with Gasteiger partial charge < -0.3 is 9.64 Å². The van der Waals surface area contributed by atoms with E-state index >= 15 is 0 Å². The third kappa shape index (κ3) is 5.05. The molecule has 3 rings (SSSR count). The molecule has 30 heavy (non-hydrogen) atoms. The average Bonchev–Trinajstić information content (AvgIpc) is 2.64. The van der Waals surface area contributed by atoms with E-state index in [9.17, 15) is 18.0 Å². The molecule has 0 radical (unpaired) electrons. The van der Waals surface area contributed by atoms with Crippen molar-refractivity contribution in [2.24, 2.45) is 0 Å². The van der Waals surface area contributed by atoms with Crippen LogP contribution in [0, 0.1) is 13.8 Å². The second kappa shape index (κ2) is 8.81. The lowest BCUT2D eigenvalue weighted by molar-refractivity contribution is -0.138. The Morgan fingerprint density at radius 2 is 2.00 bits per heavy atom. The van der Waals surface area contributed by atoms with E-state index in [4.69, 9.17) is 16.3 Å². The smallest absolute Gasteiger partial charge is 0.408 e. The highest BCUT2D eigenvalue weighted by molar-refractivity contribution is 6.30. The molecular weight excluding hydrogens is 419 g/mol. The van der Waals surface area contributed by atoms with Gasteiger partial charge in [0, 0.05) is 43.4 Å². The lowest BCUT2D eigenvalue weighted by Crippen LogP contribution is -2.54. The second-order valence-corrected chi connectivity index (χ2v) is 7.96. The highest BCUT2D eigenvalue weighted by Crippen LogP contribution is 2.34. The maximum atomic E-state index is 13.3. The molecule has 162 valence electrons. The summed E-state index contributed by atoms with van der Waals surface area (Å²) in [4.78, 5) is 20.1. The van der Waals surface area contributed by atoms with Gasteiger partial charge in [-0.05, 0) is 55.7 Å². The normalized spacial score (nSPS) is 17.8. The molecule has 2 aromatic rings. The Morgan fingerprint density at radius 1 is 1.27 bits per heavy atom. The van der Waals surface area contributed by atoms with Crippen LogP contribution in [0.3, 0.4) is 0 Å². The van der Waals surface area contributed by atoms with Crippen molar-refractivity contribution in [2.75, 3.05) is 19.6 Å². The van der Waals surface area contributed by atoms with Gasteiger partial charge in [-0.3, -0.25) is 9.88 Å². The number of benzene rings is 1. The Labute approximate surface area is 178 Å². The van der Waals surface area contributed by atoms with Crippen LogP contribution in [-0.4, -0.2) is 46.6 Å². The van der Waals surface area contributed by atoms with Crippen molar-refractivity contribution in [1.29, 1.82) is 0 Å². The molecule has 5 nitrogen and oxygen atoms in total. The maximum absolute atomic E-state index is 13.3. The third-order valence-corrected chi connectivity index (χ3v) is 5.57. The molecule has 1 saturated heterocycles. The molecule has 0 spiro atoms. The van der Waals surface area contributed by atoms with Crippen molar-refractivity contribution in [3.63, 3.8) is 0 Å². The van der Waals surface area contributed by atoms with Crippen molar-refractivity contribution in [3.05, 3.63) is 57.9 Å². The molecule has 0 unspecified atom stereocenters. The van der Waals surface area contributed by atoms with Crippen LogP contribution in [0.1, 0.15) is 29.2 Å². The van der Waals surface area contributed by atoms with Crippen LogP contribution in [0.2, 0.25) is 5.02 Å². The van der Waals surface area contributed by atoms with Gasteiger partial charge in [0.25, 0.3) is 0 Å². The highest BCUT2D eigenvalue weighted by atomic mass is 35.5. The highest BCUT2D eigenvalue weighted by Gasteiger charge is 2.35. The summed E-state index contributed by atoms with van der Waals surface area (Å²) in [7, 11) is 0. The molecule has 1 aromatic carbocycles. The summed E-state index contributed by atoms with van der Waals surface area (Å²) >= 11 is 5.92. The van der Waals surface area contributed by atoms with Gasteiger partial charge in [-0.2, -0.15) is 13.2 Å². The molecule has 1 aliphatic heterocycles. The van der Waals surface area contributed by atoms with E-state index in [0.717, 1.165) is 17.2 Å². The largest absolute Gasteiger partial charge is 0.416 e. The monoisotopic (exact) mass is 441 g/mol. The fourth-order valence-corrected chi connectivity index (χ4v) is 3.71. The Morgan fingerprint density at radius 3 is 2.67 bits per heavy atom. The van der Waals surface area contributed by atoms with Crippen LogP contribution < -0.4 is 4.74 Å². The first-order valence-corrected chi connectivity index (χ1v) is 9.91. The summed E-state index contributed by atoms with van der Waals surface area (Å²) in [6.45, 7) is 6.87. The number of hydrogen-bond acceptors (Lipinski definition) is 4. The van der Waals surface area contributed by atoms with Gasteiger partial charge in [0.1, 0.15) is 0 Å². The lowest BCUT2D eigenvalue weighted by atomic mass is 10.1. The SMILES string of the molecule is Cc1cncc(OC(=O)N2CCN(Cc3cc(Cl)ccc3C(F)(F)F)C[C@H]2C)c1C. The fraction of sp³-hybridized carbons (Fsp3) is 0.429. The zero-order valence-corrected chi connectivity index (χ0v) is 17.7. The summed E-state index contributed by atoms with van der Waals surface area (Å²) in [5, 5.41) is 0.260. The molecule has 1 fully saturated rings. The summed E-state index contributed by atoms with van der Waals surface area (Å²) in [6.07, 6.45) is -1.74. The van der Waals surface area contributed by atoms with Gasteiger partial charge in [0.05, 0.1) is 11.8 Å². The van der Waals surface area contributed by atoms with E-state index in [1.807, 2.05) is 25.7 Å². The average molecular weight is 442 g/mol. The predicted molar refractivity (Wildman–Crippen MR) is 108 cm³/mol. The van der Waals surface area contributed by atoms with E-state index in [-0.39, 0.29) is 23.2 Å². The van der Waals surface area contributed by atoms with Crippen LogP contribution in [0.4, 0.5) is 18.0 Å². The number of aryl methyl sites for hydroxylation is 1. The summed E-state index contributed by atoms with van der Waals surface area (Å²) < 4.78 is 45.4. The lowest BCUT2D eigenvalue weighted by Gasteiger charge is -2.39. The predicted octanol–water partition coefficient (Wildman–Crippen LogP) is 5.08. The molecule has 0 bridgehead atoms. The Bertz CT molecular complexity index is 936. The molecule has 1 aliphatic rings. The molecular formula is C21H23ClF3N3O2. The number of nitrogens with zero attached hydrogens (tertiary/aromatic N) is 3. The minimum atomic E-state index is -4.45. The number of carbonyl (C=O) groups excluding carboxylic acids is 1. The molecule has 0 saturated carbocycles. The summed E-state index contributed by atoms with van der Waals surface area (Å²) in [6, 6.07) is 3.38. The fourth-order valence-electron chi connectivity index (χ4n) is 3.52. The number of piperazine rings is 1. The first kappa shape index (κ1) is 22.4. The molecule has 2 heterocycles. The van der Waals surface area contributed by atoms with Gasteiger partial charge in [0.2, 0.25) is 0 Å². The maximum Gasteiger partial charge on any atom is 0.416 e. The van der Waals surface area contributed by atoms with Crippen LogP contribution in [0.5, 0.6) is 5.75 Å². The zero-order chi connectivity index (χ0) is 22.1. The molecule has 1 atom stereocenters. The minimum absolute atomic E-state index is 0.101. The summed E-state index contributed by atoms with van der Waals surface area (Å²) in [5.74, 6) is 0.406.